The van der Waals surface area contributed by atoms with Crippen LogP contribution in [0.1, 0.15) is 28.7 Å². The molecule has 3 N–H and O–H groups in total. The Morgan fingerprint density at radius 1 is 1.38 bits per heavy atom. The number of hydrogen-bond acceptors (Lipinski definition) is 4. The van der Waals surface area contributed by atoms with Crippen LogP contribution in [0.15, 0.2) is 35.4 Å². The molecule has 0 amide bonds. The average Bonchev–Trinajstić information content (AvgIpc) is 2.83. The summed E-state index contributed by atoms with van der Waals surface area (Å²) in [6.07, 6.45) is 0. The van der Waals surface area contributed by atoms with Gasteiger partial charge in [0.2, 0.25) is 0 Å². The summed E-state index contributed by atoms with van der Waals surface area (Å²) in [5.41, 5.74) is 6.35. The highest BCUT2D eigenvalue weighted by Crippen LogP contribution is 2.10. The van der Waals surface area contributed by atoms with Gasteiger partial charge in [-0.15, -0.1) is 0 Å². The molecule has 7 nitrogen and oxygen atoms in total. The zero-order valence-electron chi connectivity index (χ0n) is 13.7. The van der Waals surface area contributed by atoms with Crippen LogP contribution >= 0.6 is 12.2 Å². The van der Waals surface area contributed by atoms with Crippen LogP contribution in [0.25, 0.3) is 0 Å². The average molecular weight is 345 g/mol. The van der Waals surface area contributed by atoms with Gasteiger partial charge in [0.1, 0.15) is 0 Å². The Balaban J connectivity index is 1.93. The topological polar surface area (TPSA) is 91.5 Å². The van der Waals surface area contributed by atoms with Gasteiger partial charge < -0.3 is 10.4 Å². The number of carbonyl (C=O) groups is 1. The fourth-order valence-electron chi connectivity index (χ4n) is 2.12. The van der Waals surface area contributed by atoms with E-state index >= 15 is 0 Å². The van der Waals surface area contributed by atoms with Crippen LogP contribution in [0.3, 0.4) is 0 Å². The minimum atomic E-state index is -0.990. The third-order valence-electron chi connectivity index (χ3n) is 3.20. The summed E-state index contributed by atoms with van der Waals surface area (Å²) in [5.74, 6) is -0.990. The molecule has 0 saturated heterocycles. The predicted molar refractivity (Wildman–Crippen MR) is 97.6 cm³/mol. The van der Waals surface area contributed by atoms with Gasteiger partial charge in [0.05, 0.1) is 23.5 Å². The second-order valence-electron chi connectivity index (χ2n) is 5.38. The second kappa shape index (κ2) is 7.69. The van der Waals surface area contributed by atoms with E-state index in [1.807, 2.05) is 31.5 Å². The molecule has 0 bridgehead atoms. The van der Waals surface area contributed by atoms with E-state index in [9.17, 15) is 4.79 Å². The van der Waals surface area contributed by atoms with E-state index in [0.29, 0.717) is 12.2 Å². The second-order valence-corrected chi connectivity index (χ2v) is 5.79. The van der Waals surface area contributed by atoms with E-state index < -0.39 is 5.97 Å². The number of nitrogens with zero attached hydrogens (tertiary/aromatic N) is 3. The lowest BCUT2D eigenvalue weighted by atomic mass is 10.2. The Bertz CT molecular complexity index is 798. The molecule has 126 valence electrons. The Morgan fingerprint density at radius 2 is 2.12 bits per heavy atom. The Labute approximate surface area is 145 Å². The van der Waals surface area contributed by atoms with Gasteiger partial charge in [-0.25, -0.2) is 4.79 Å². The summed E-state index contributed by atoms with van der Waals surface area (Å²) in [7, 11) is 0. The number of aromatic nitrogens is 2. The summed E-state index contributed by atoms with van der Waals surface area (Å²) in [4.78, 5) is 11.0. The highest BCUT2D eigenvalue weighted by Gasteiger charge is 2.05. The maximum atomic E-state index is 11.0. The SMILES string of the molecule is CC(Cn1nc(C)cc1C)=NNC(=S)Nc1cccc(C(=O)O)c1. The van der Waals surface area contributed by atoms with Crippen LogP contribution < -0.4 is 10.7 Å². The van der Waals surface area contributed by atoms with Crippen molar-refractivity contribution >= 4 is 34.7 Å². The molecule has 8 heteroatoms. The van der Waals surface area contributed by atoms with E-state index in [2.05, 4.69) is 20.9 Å². The predicted octanol–water partition coefficient (Wildman–Crippen LogP) is 2.56. The van der Waals surface area contributed by atoms with Crippen molar-refractivity contribution < 1.29 is 9.90 Å². The Morgan fingerprint density at radius 3 is 2.75 bits per heavy atom. The van der Waals surface area contributed by atoms with Crippen molar-refractivity contribution in [3.8, 4) is 0 Å². The van der Waals surface area contributed by atoms with Crippen LogP contribution in [-0.2, 0) is 6.54 Å². The Hall–Kier alpha value is -2.74. The monoisotopic (exact) mass is 345 g/mol. The fraction of sp³-hybridized carbons (Fsp3) is 0.250. The van der Waals surface area contributed by atoms with Crippen LogP contribution in [0, 0.1) is 13.8 Å². The molecule has 2 rings (SSSR count). The van der Waals surface area contributed by atoms with Gasteiger partial charge in [0.15, 0.2) is 5.11 Å². The van der Waals surface area contributed by atoms with Crippen molar-refractivity contribution in [2.75, 3.05) is 5.32 Å². The minimum absolute atomic E-state index is 0.187. The summed E-state index contributed by atoms with van der Waals surface area (Å²) in [6, 6.07) is 8.39. The van der Waals surface area contributed by atoms with Crippen LogP contribution in [0.2, 0.25) is 0 Å². The zero-order valence-corrected chi connectivity index (χ0v) is 14.5. The van der Waals surface area contributed by atoms with Gasteiger partial charge in [-0.05, 0) is 57.3 Å². The summed E-state index contributed by atoms with van der Waals surface area (Å²) < 4.78 is 1.86. The first-order valence-corrected chi connectivity index (χ1v) is 7.70. The van der Waals surface area contributed by atoms with Crippen molar-refractivity contribution in [2.45, 2.75) is 27.3 Å². The third kappa shape index (κ3) is 4.88. The van der Waals surface area contributed by atoms with Gasteiger partial charge in [-0.2, -0.15) is 10.2 Å². The van der Waals surface area contributed by atoms with Crippen LogP contribution in [-0.4, -0.2) is 31.7 Å². The number of carboxylic acid groups (broad SMARTS) is 1. The molecule has 1 heterocycles. The Kier molecular flexibility index (Phi) is 5.64. The zero-order chi connectivity index (χ0) is 17.7. The highest BCUT2D eigenvalue weighted by atomic mass is 32.1. The van der Waals surface area contributed by atoms with Crippen LogP contribution in [0.4, 0.5) is 5.69 Å². The number of aromatic carboxylic acids is 1. The van der Waals surface area contributed by atoms with Crippen molar-refractivity contribution in [3.05, 3.63) is 47.3 Å². The molecule has 1 aromatic heterocycles. The van der Waals surface area contributed by atoms with E-state index in [4.69, 9.17) is 17.3 Å². The molecule has 0 aliphatic rings. The lowest BCUT2D eigenvalue weighted by Crippen LogP contribution is -2.25. The molecule has 24 heavy (non-hydrogen) atoms. The quantitative estimate of drug-likeness (QED) is 0.438. The van der Waals surface area contributed by atoms with E-state index in [1.54, 1.807) is 12.1 Å². The van der Waals surface area contributed by atoms with E-state index in [-0.39, 0.29) is 10.7 Å². The molecule has 0 unspecified atom stereocenters. The number of nitrogens with one attached hydrogen (secondary N) is 2. The van der Waals surface area contributed by atoms with E-state index in [1.165, 1.54) is 12.1 Å². The number of aryl methyl sites for hydroxylation is 2. The molecule has 0 fully saturated rings. The molecule has 0 radical (unpaired) electrons. The van der Waals surface area contributed by atoms with Gasteiger partial charge in [0.25, 0.3) is 0 Å². The largest absolute Gasteiger partial charge is 0.478 e. The standard InChI is InChI=1S/C16H19N5O2S/c1-10-7-12(3)21(20-10)9-11(2)18-19-16(24)17-14-6-4-5-13(8-14)15(22)23/h4-8H,9H2,1-3H3,(H,22,23)(H2,17,19,24). The number of carboxylic acids is 1. The maximum absolute atomic E-state index is 11.0. The van der Waals surface area contributed by atoms with Gasteiger partial charge in [-0.1, -0.05) is 6.07 Å². The van der Waals surface area contributed by atoms with Gasteiger partial charge in [-0.3, -0.25) is 10.1 Å². The highest BCUT2D eigenvalue weighted by molar-refractivity contribution is 7.80. The number of anilines is 1. The molecular weight excluding hydrogens is 326 g/mol. The smallest absolute Gasteiger partial charge is 0.335 e. The number of hydrogen-bond donors (Lipinski definition) is 3. The molecule has 0 saturated carbocycles. The summed E-state index contributed by atoms with van der Waals surface area (Å²) >= 11 is 5.16. The van der Waals surface area contributed by atoms with Crippen molar-refractivity contribution in [1.29, 1.82) is 0 Å². The normalized spacial score (nSPS) is 11.2. The first kappa shape index (κ1) is 17.6. The van der Waals surface area contributed by atoms with Gasteiger partial charge >= 0.3 is 5.97 Å². The molecule has 1 aromatic carbocycles. The summed E-state index contributed by atoms with van der Waals surface area (Å²) in [5, 5.41) is 20.7. The molecule has 0 aliphatic heterocycles. The first-order valence-electron chi connectivity index (χ1n) is 7.29. The summed E-state index contributed by atoms with van der Waals surface area (Å²) in [6.45, 7) is 6.36. The minimum Gasteiger partial charge on any atom is -0.478 e. The molecule has 0 spiro atoms. The number of rotatable bonds is 5. The number of thiocarbonyl (C=S) groups is 1. The van der Waals surface area contributed by atoms with Crippen molar-refractivity contribution in [3.63, 3.8) is 0 Å². The maximum Gasteiger partial charge on any atom is 0.335 e. The molecule has 0 atom stereocenters. The van der Waals surface area contributed by atoms with Crippen LogP contribution in [0.5, 0.6) is 0 Å². The lowest BCUT2D eigenvalue weighted by Gasteiger charge is -2.09. The number of hydrazone groups is 1. The van der Waals surface area contributed by atoms with Crippen molar-refractivity contribution in [2.24, 2.45) is 5.10 Å². The fourth-order valence-corrected chi connectivity index (χ4v) is 2.29. The molecule has 2 aromatic rings. The lowest BCUT2D eigenvalue weighted by molar-refractivity contribution is 0.0697. The van der Waals surface area contributed by atoms with Crippen molar-refractivity contribution in [1.82, 2.24) is 15.2 Å². The third-order valence-corrected chi connectivity index (χ3v) is 3.39. The molecule has 0 aliphatic carbocycles. The molecular formula is C16H19N5O2S. The van der Waals surface area contributed by atoms with Gasteiger partial charge in [0, 0.05) is 11.4 Å². The first-order chi connectivity index (χ1) is 11.3. The number of benzene rings is 1. The van der Waals surface area contributed by atoms with E-state index in [0.717, 1.165) is 17.1 Å².